The van der Waals surface area contributed by atoms with Gasteiger partial charge in [0.2, 0.25) is 0 Å². The predicted molar refractivity (Wildman–Crippen MR) is 247 cm³/mol. The maximum Gasteiger partial charge on any atom is 0.0489 e. The Kier molecular flexibility index (Phi) is 16.2. The van der Waals surface area contributed by atoms with Crippen LogP contribution in [-0.4, -0.2) is 13.7 Å². The summed E-state index contributed by atoms with van der Waals surface area (Å²) in [5.74, 6) is 0. The van der Waals surface area contributed by atoms with E-state index in [4.69, 9.17) is 0 Å². The molecule has 0 bridgehead atoms. The number of rotatable bonds is 2. The van der Waals surface area contributed by atoms with Crippen molar-refractivity contribution in [3.05, 3.63) is 121 Å². The number of benzene rings is 6. The minimum Gasteiger partial charge on any atom is -0.344 e. The Morgan fingerprint density at radius 3 is 0.704 bits per heavy atom. The molecule has 0 N–H and O–H groups in total. The summed E-state index contributed by atoms with van der Waals surface area (Å²) in [5, 5.41) is 7.78. The lowest BCUT2D eigenvalue weighted by Gasteiger charge is -2.06. The largest absolute Gasteiger partial charge is 0.344 e. The summed E-state index contributed by atoms with van der Waals surface area (Å²) >= 11 is 0. The number of aromatic nitrogens is 3. The first-order valence-corrected chi connectivity index (χ1v) is 20.5. The zero-order valence-corrected chi connectivity index (χ0v) is 35.9. The van der Waals surface area contributed by atoms with Crippen LogP contribution in [0, 0.1) is 0 Å². The van der Waals surface area contributed by atoms with Gasteiger partial charge in [0.25, 0.3) is 0 Å². The molecular formula is C51H65N3. The zero-order chi connectivity index (χ0) is 40.1. The lowest BCUT2D eigenvalue weighted by atomic mass is 9.98. The van der Waals surface area contributed by atoms with E-state index in [2.05, 4.69) is 156 Å². The van der Waals surface area contributed by atoms with Crippen molar-refractivity contribution in [1.29, 1.82) is 0 Å². The van der Waals surface area contributed by atoms with Crippen LogP contribution in [-0.2, 0) is 21.1 Å². The summed E-state index contributed by atoms with van der Waals surface area (Å²) in [6, 6.07) is 45.0. The van der Waals surface area contributed by atoms with E-state index in [0.717, 1.165) is 0 Å². The van der Waals surface area contributed by atoms with Gasteiger partial charge in [-0.1, -0.05) is 144 Å². The molecule has 3 heterocycles. The Balaban J connectivity index is 0.000000599. The van der Waals surface area contributed by atoms with Crippen LogP contribution in [0.1, 0.15) is 83.1 Å². The monoisotopic (exact) mass is 720 g/mol. The number of fused-ring (bicyclic) bond motifs is 9. The van der Waals surface area contributed by atoms with Crippen LogP contribution in [0.25, 0.3) is 87.7 Å². The molecule has 0 radical (unpaired) electrons. The van der Waals surface area contributed by atoms with Crippen molar-refractivity contribution in [3.8, 4) is 22.3 Å². The third kappa shape index (κ3) is 7.69. The van der Waals surface area contributed by atoms with E-state index in [1.165, 1.54) is 87.7 Å². The van der Waals surface area contributed by atoms with Crippen molar-refractivity contribution in [2.45, 2.75) is 83.1 Å². The number of para-hydroxylation sites is 2. The Hall–Kier alpha value is -5.28. The van der Waals surface area contributed by atoms with Gasteiger partial charge in [0, 0.05) is 86.6 Å². The highest BCUT2D eigenvalue weighted by atomic mass is 14.9. The molecule has 54 heavy (non-hydrogen) atoms. The molecule has 0 atom stereocenters. The van der Waals surface area contributed by atoms with Gasteiger partial charge in [-0.15, -0.1) is 0 Å². The SMILES string of the molecule is CC.CC.CC.CC.CC.CC.Cn1c2ccccc2c2cc(-c3ccc4c(c3)c3cc(-c5ccc6c(c5)c5ccccc5n6C)ccc3n4C)ccc21. The molecule has 0 aliphatic carbocycles. The Labute approximate surface area is 325 Å². The minimum atomic E-state index is 1.24. The average Bonchev–Trinajstić information content (AvgIpc) is 3.84. The summed E-state index contributed by atoms with van der Waals surface area (Å²) in [6.07, 6.45) is 0. The van der Waals surface area contributed by atoms with Gasteiger partial charge in [-0.05, 0) is 82.9 Å². The lowest BCUT2D eigenvalue weighted by molar-refractivity contribution is 1.01. The van der Waals surface area contributed by atoms with E-state index in [1.807, 2.05) is 83.1 Å². The first kappa shape index (κ1) is 43.1. The fourth-order valence-corrected chi connectivity index (χ4v) is 7.27. The van der Waals surface area contributed by atoms with Gasteiger partial charge in [-0.3, -0.25) is 0 Å². The smallest absolute Gasteiger partial charge is 0.0489 e. The third-order valence-corrected chi connectivity index (χ3v) is 9.50. The fourth-order valence-electron chi connectivity index (χ4n) is 7.27. The predicted octanol–water partition coefficient (Wildman–Crippen LogP) is 16.1. The first-order valence-electron chi connectivity index (χ1n) is 20.5. The van der Waals surface area contributed by atoms with Crippen molar-refractivity contribution in [2.75, 3.05) is 0 Å². The number of aryl methyl sites for hydroxylation is 3. The molecule has 3 aromatic heterocycles. The highest BCUT2D eigenvalue weighted by Gasteiger charge is 2.14. The van der Waals surface area contributed by atoms with Crippen LogP contribution in [0.5, 0.6) is 0 Å². The third-order valence-electron chi connectivity index (χ3n) is 9.50. The molecular weight excluding hydrogens is 655 g/mol. The molecule has 0 aliphatic heterocycles. The maximum absolute atomic E-state index is 2.38. The van der Waals surface area contributed by atoms with Crippen LogP contribution in [0.15, 0.2) is 121 Å². The van der Waals surface area contributed by atoms with Gasteiger partial charge in [0.1, 0.15) is 0 Å². The number of nitrogens with zero attached hydrogens (tertiary/aromatic N) is 3. The quantitative estimate of drug-likeness (QED) is 0.169. The van der Waals surface area contributed by atoms with Crippen LogP contribution in [0.3, 0.4) is 0 Å². The summed E-state index contributed by atoms with van der Waals surface area (Å²) in [5.41, 5.74) is 12.5. The van der Waals surface area contributed by atoms with E-state index in [9.17, 15) is 0 Å². The minimum absolute atomic E-state index is 1.24. The summed E-state index contributed by atoms with van der Waals surface area (Å²) < 4.78 is 6.90. The topological polar surface area (TPSA) is 14.8 Å². The number of hydrogen-bond donors (Lipinski definition) is 0. The average molecular weight is 720 g/mol. The molecule has 0 spiro atoms. The molecule has 3 heteroatoms. The zero-order valence-electron chi connectivity index (χ0n) is 35.9. The summed E-state index contributed by atoms with van der Waals surface area (Å²) in [4.78, 5) is 0. The van der Waals surface area contributed by atoms with Crippen LogP contribution in [0.2, 0.25) is 0 Å². The second-order valence-electron chi connectivity index (χ2n) is 11.6. The van der Waals surface area contributed by atoms with Gasteiger partial charge in [-0.2, -0.15) is 0 Å². The van der Waals surface area contributed by atoms with Crippen molar-refractivity contribution >= 4 is 65.4 Å². The second-order valence-corrected chi connectivity index (χ2v) is 11.6. The van der Waals surface area contributed by atoms with Crippen LogP contribution >= 0.6 is 0 Å². The first-order chi connectivity index (χ1) is 26.6. The molecule has 0 saturated carbocycles. The van der Waals surface area contributed by atoms with E-state index >= 15 is 0 Å². The maximum atomic E-state index is 2.38. The fraction of sp³-hybridized carbons (Fsp3) is 0.294. The molecule has 6 aromatic carbocycles. The van der Waals surface area contributed by atoms with Gasteiger partial charge in [0.05, 0.1) is 0 Å². The normalized spacial score (nSPS) is 10.1. The molecule has 9 rings (SSSR count). The Bertz CT molecular complexity index is 2380. The highest BCUT2D eigenvalue weighted by Crippen LogP contribution is 2.38. The van der Waals surface area contributed by atoms with Crippen molar-refractivity contribution in [3.63, 3.8) is 0 Å². The van der Waals surface area contributed by atoms with Crippen molar-refractivity contribution in [2.24, 2.45) is 21.1 Å². The van der Waals surface area contributed by atoms with E-state index in [1.54, 1.807) is 0 Å². The van der Waals surface area contributed by atoms with Crippen LogP contribution < -0.4 is 0 Å². The molecule has 284 valence electrons. The molecule has 9 aromatic rings. The van der Waals surface area contributed by atoms with E-state index in [-0.39, 0.29) is 0 Å². The molecule has 3 nitrogen and oxygen atoms in total. The van der Waals surface area contributed by atoms with Crippen molar-refractivity contribution < 1.29 is 0 Å². The standard InChI is InChI=1S/C39H29N3.6C2H6/c1-40-34-10-6-4-8-28(34)30-20-24(12-16-36(30)40)26-14-18-38-32(22-26)33-23-27(15-19-39(33)42(38)3)25-13-17-37-31(21-25)29-9-5-7-11-35(29)41(37)2;6*1-2/h4-23H,1-3H3;6*1-2H3. The lowest BCUT2D eigenvalue weighted by Crippen LogP contribution is -1.87. The highest BCUT2D eigenvalue weighted by molar-refractivity contribution is 6.13. The number of hydrogen-bond acceptors (Lipinski definition) is 0. The summed E-state index contributed by atoms with van der Waals surface area (Å²) in [6.45, 7) is 24.0. The summed E-state index contributed by atoms with van der Waals surface area (Å²) in [7, 11) is 6.48. The second kappa shape index (κ2) is 20.3. The van der Waals surface area contributed by atoms with Gasteiger partial charge in [-0.25, -0.2) is 0 Å². The molecule has 0 saturated heterocycles. The molecule has 0 unspecified atom stereocenters. The van der Waals surface area contributed by atoms with E-state index < -0.39 is 0 Å². The van der Waals surface area contributed by atoms with Gasteiger partial charge < -0.3 is 13.7 Å². The molecule has 0 fully saturated rings. The van der Waals surface area contributed by atoms with Crippen LogP contribution in [0.4, 0.5) is 0 Å². The van der Waals surface area contributed by atoms with Gasteiger partial charge >= 0.3 is 0 Å². The van der Waals surface area contributed by atoms with Gasteiger partial charge in [0.15, 0.2) is 0 Å². The Morgan fingerprint density at radius 2 is 0.444 bits per heavy atom. The molecule has 0 amide bonds. The van der Waals surface area contributed by atoms with E-state index in [0.29, 0.717) is 0 Å². The van der Waals surface area contributed by atoms with Crippen molar-refractivity contribution in [1.82, 2.24) is 13.7 Å². The Morgan fingerprint density at radius 1 is 0.241 bits per heavy atom. The molecule has 0 aliphatic rings.